The monoisotopic (exact) mass is 296 g/mol. The molecule has 0 atom stereocenters. The Hall–Kier alpha value is -2.25. The molecule has 1 N–H and O–H groups in total. The number of rotatable bonds is 10. The predicted octanol–water partition coefficient (Wildman–Crippen LogP) is 0.530. The smallest absolute Gasteiger partial charge is 0.332 e. The van der Waals surface area contributed by atoms with E-state index in [1.165, 1.54) is 0 Å². The van der Waals surface area contributed by atoms with E-state index >= 15 is 0 Å². The molecule has 0 radical (unpaired) electrons. The van der Waals surface area contributed by atoms with Gasteiger partial charge in [-0.05, 0) is 0 Å². The van der Waals surface area contributed by atoms with Crippen molar-refractivity contribution in [3.05, 3.63) is 35.9 Å². The van der Waals surface area contributed by atoms with E-state index in [-0.39, 0.29) is 32.2 Å². The topological polar surface area (TPSA) is 99.1 Å². The molecule has 0 fully saturated rings. The van der Waals surface area contributed by atoms with Gasteiger partial charge in [0.1, 0.15) is 13.2 Å². The highest BCUT2D eigenvalue weighted by Gasteiger charge is 2.09. The lowest BCUT2D eigenvalue weighted by atomic mass is 10.1. The fourth-order valence-corrected chi connectivity index (χ4v) is 1.33. The van der Waals surface area contributed by atoms with Gasteiger partial charge in [0.2, 0.25) is 0 Å². The van der Waals surface area contributed by atoms with Crippen LogP contribution < -0.4 is 0 Å². The second-order valence-corrected chi connectivity index (χ2v) is 3.95. The van der Waals surface area contributed by atoms with Crippen LogP contribution in [-0.4, -0.2) is 55.9 Å². The van der Waals surface area contributed by atoms with Crippen molar-refractivity contribution in [3.8, 4) is 0 Å². The van der Waals surface area contributed by atoms with Crippen LogP contribution in [0.25, 0.3) is 0 Å². The molecule has 0 spiro atoms. The first-order valence-corrected chi connectivity index (χ1v) is 6.20. The number of ketones is 1. The van der Waals surface area contributed by atoms with Gasteiger partial charge in [0.15, 0.2) is 12.4 Å². The van der Waals surface area contributed by atoms with Gasteiger partial charge in [-0.25, -0.2) is 9.59 Å². The van der Waals surface area contributed by atoms with Crippen molar-refractivity contribution in [1.29, 1.82) is 0 Å². The normalized spacial score (nSPS) is 10.1. The molecule has 0 aliphatic rings. The van der Waals surface area contributed by atoms with E-state index in [1.807, 2.05) is 0 Å². The first kappa shape index (κ1) is 16.8. The van der Waals surface area contributed by atoms with Crippen LogP contribution in [0.4, 0.5) is 0 Å². The van der Waals surface area contributed by atoms with Gasteiger partial charge in [0.25, 0.3) is 0 Å². The summed E-state index contributed by atoms with van der Waals surface area (Å²) in [6.07, 6.45) is 0. The molecule has 0 bridgehead atoms. The number of benzene rings is 1. The molecule has 1 aromatic carbocycles. The first-order valence-electron chi connectivity index (χ1n) is 6.20. The number of carbonyl (C=O) groups excluding carboxylic acids is 2. The zero-order chi connectivity index (χ0) is 15.5. The van der Waals surface area contributed by atoms with Gasteiger partial charge in [-0.3, -0.25) is 4.79 Å². The maximum absolute atomic E-state index is 11.6. The van der Waals surface area contributed by atoms with E-state index in [4.69, 9.17) is 19.3 Å². The molecule has 21 heavy (non-hydrogen) atoms. The van der Waals surface area contributed by atoms with Crippen LogP contribution >= 0.6 is 0 Å². The molecule has 1 rings (SSSR count). The molecule has 0 saturated heterocycles. The van der Waals surface area contributed by atoms with Crippen molar-refractivity contribution in [2.45, 2.75) is 0 Å². The highest BCUT2D eigenvalue weighted by atomic mass is 16.6. The summed E-state index contributed by atoms with van der Waals surface area (Å²) in [5.41, 5.74) is 0.466. The Balaban J connectivity index is 2.09. The summed E-state index contributed by atoms with van der Waals surface area (Å²) in [6, 6.07) is 8.48. The molecule has 0 heterocycles. The predicted molar refractivity (Wildman–Crippen MR) is 71.0 cm³/mol. The van der Waals surface area contributed by atoms with Gasteiger partial charge in [-0.15, -0.1) is 0 Å². The number of carboxylic acid groups (broad SMARTS) is 1. The molecule has 0 unspecified atom stereocenters. The Morgan fingerprint density at radius 1 is 0.905 bits per heavy atom. The lowest BCUT2D eigenvalue weighted by Crippen LogP contribution is -2.19. The van der Waals surface area contributed by atoms with Gasteiger partial charge < -0.3 is 19.3 Å². The van der Waals surface area contributed by atoms with E-state index in [1.54, 1.807) is 30.3 Å². The minimum absolute atomic E-state index is 0.0581. The zero-order valence-corrected chi connectivity index (χ0v) is 11.3. The van der Waals surface area contributed by atoms with Crippen LogP contribution in [0.3, 0.4) is 0 Å². The zero-order valence-electron chi connectivity index (χ0n) is 11.3. The average molecular weight is 296 g/mol. The summed E-state index contributed by atoms with van der Waals surface area (Å²) in [5.74, 6) is -2.04. The molecule has 7 heteroatoms. The number of ether oxygens (including phenoxy) is 3. The van der Waals surface area contributed by atoms with E-state index in [0.717, 1.165) is 0 Å². The van der Waals surface area contributed by atoms with Gasteiger partial charge in [0.05, 0.1) is 13.2 Å². The number of esters is 1. The van der Waals surface area contributed by atoms with Crippen molar-refractivity contribution in [1.82, 2.24) is 0 Å². The van der Waals surface area contributed by atoms with Crippen LogP contribution in [0.2, 0.25) is 0 Å². The van der Waals surface area contributed by atoms with E-state index < -0.39 is 18.5 Å². The second kappa shape index (κ2) is 9.62. The van der Waals surface area contributed by atoms with E-state index in [9.17, 15) is 14.4 Å². The Bertz CT molecular complexity index is 469. The highest BCUT2D eigenvalue weighted by molar-refractivity contribution is 5.97. The third kappa shape index (κ3) is 7.81. The number of Topliss-reactive ketones (excluding diaryl/α,β-unsaturated/α-hetero) is 1. The standard InChI is InChI=1S/C14H16O7/c15-12(11-4-2-1-3-5-11)8-21-14(18)10-20-7-6-19-9-13(16)17/h1-5H,6-10H2,(H,16,17). The van der Waals surface area contributed by atoms with Gasteiger partial charge in [-0.2, -0.15) is 0 Å². The summed E-state index contributed by atoms with van der Waals surface area (Å²) < 4.78 is 14.4. The third-order valence-corrected chi connectivity index (χ3v) is 2.28. The Morgan fingerprint density at radius 2 is 1.52 bits per heavy atom. The molecule has 0 aliphatic carbocycles. The summed E-state index contributed by atoms with van der Waals surface area (Å²) in [4.78, 5) is 33.1. The largest absolute Gasteiger partial charge is 0.480 e. The van der Waals surface area contributed by atoms with Gasteiger partial charge in [0, 0.05) is 5.56 Å². The number of hydrogen-bond acceptors (Lipinski definition) is 6. The van der Waals surface area contributed by atoms with Gasteiger partial charge in [-0.1, -0.05) is 30.3 Å². The number of carboxylic acids is 1. The van der Waals surface area contributed by atoms with E-state index in [0.29, 0.717) is 5.56 Å². The van der Waals surface area contributed by atoms with Crippen LogP contribution in [0.5, 0.6) is 0 Å². The molecule has 114 valence electrons. The lowest BCUT2D eigenvalue weighted by Gasteiger charge is -2.05. The Kier molecular flexibility index (Phi) is 7.70. The quantitative estimate of drug-likeness (QED) is 0.382. The second-order valence-electron chi connectivity index (χ2n) is 3.95. The van der Waals surface area contributed by atoms with Crippen molar-refractivity contribution >= 4 is 17.7 Å². The number of carbonyl (C=O) groups is 3. The number of hydrogen-bond donors (Lipinski definition) is 1. The first-order chi connectivity index (χ1) is 10.1. The molecular weight excluding hydrogens is 280 g/mol. The fourth-order valence-electron chi connectivity index (χ4n) is 1.33. The van der Waals surface area contributed by atoms with Crippen molar-refractivity contribution in [2.75, 3.05) is 33.0 Å². The highest BCUT2D eigenvalue weighted by Crippen LogP contribution is 2.00. The lowest BCUT2D eigenvalue weighted by molar-refractivity contribution is -0.149. The molecule has 0 aromatic heterocycles. The minimum atomic E-state index is -1.08. The summed E-state index contributed by atoms with van der Waals surface area (Å²) in [6.45, 7) is -0.961. The van der Waals surface area contributed by atoms with Crippen LogP contribution in [-0.2, 0) is 23.8 Å². The fraction of sp³-hybridized carbons (Fsp3) is 0.357. The molecule has 7 nitrogen and oxygen atoms in total. The molecule has 0 saturated carbocycles. The summed E-state index contributed by atoms with van der Waals surface area (Å²) in [7, 11) is 0. The average Bonchev–Trinajstić information content (AvgIpc) is 2.49. The summed E-state index contributed by atoms with van der Waals surface area (Å²) in [5, 5.41) is 8.30. The Labute approximate surface area is 121 Å². The maximum atomic E-state index is 11.6. The third-order valence-electron chi connectivity index (χ3n) is 2.28. The SMILES string of the molecule is O=C(O)COCCOCC(=O)OCC(=O)c1ccccc1. The Morgan fingerprint density at radius 3 is 2.14 bits per heavy atom. The molecule has 0 amide bonds. The van der Waals surface area contributed by atoms with Crippen molar-refractivity contribution in [3.63, 3.8) is 0 Å². The van der Waals surface area contributed by atoms with Crippen molar-refractivity contribution < 1.29 is 33.7 Å². The van der Waals surface area contributed by atoms with E-state index in [2.05, 4.69) is 0 Å². The van der Waals surface area contributed by atoms with Crippen LogP contribution in [0.1, 0.15) is 10.4 Å². The maximum Gasteiger partial charge on any atom is 0.332 e. The molecule has 0 aliphatic heterocycles. The molecule has 1 aromatic rings. The minimum Gasteiger partial charge on any atom is -0.480 e. The van der Waals surface area contributed by atoms with Crippen LogP contribution in [0.15, 0.2) is 30.3 Å². The van der Waals surface area contributed by atoms with Crippen molar-refractivity contribution in [2.24, 2.45) is 0 Å². The molecular formula is C14H16O7. The number of aliphatic carboxylic acids is 1. The van der Waals surface area contributed by atoms with Crippen LogP contribution in [0, 0.1) is 0 Å². The van der Waals surface area contributed by atoms with Gasteiger partial charge >= 0.3 is 11.9 Å². The summed E-state index contributed by atoms with van der Waals surface area (Å²) >= 11 is 0.